The topological polar surface area (TPSA) is 95.5 Å². The number of fused-ring (bicyclic) bond motifs is 2. The number of hydrazine groups is 1. The van der Waals surface area contributed by atoms with Gasteiger partial charge >= 0.3 is 5.97 Å². The second-order valence-electron chi connectivity index (χ2n) is 8.65. The van der Waals surface area contributed by atoms with Gasteiger partial charge in [-0.1, -0.05) is 6.07 Å². The van der Waals surface area contributed by atoms with Crippen molar-refractivity contribution >= 4 is 17.4 Å². The molecular formula is C24H34N4O5. The SMILES string of the molecule is COC(=O)CCN1CCC[C@@H](Nc2ccc3c(c2)COCCCC2=C3N(O)NC(OC)=C2)C1. The van der Waals surface area contributed by atoms with Crippen molar-refractivity contribution in [1.29, 1.82) is 0 Å². The Bertz CT molecular complexity index is 916. The molecule has 3 heterocycles. The zero-order chi connectivity index (χ0) is 23.2. The number of anilines is 1. The Morgan fingerprint density at radius 1 is 1.33 bits per heavy atom. The van der Waals surface area contributed by atoms with Gasteiger partial charge in [-0.25, -0.2) is 5.43 Å². The first kappa shape index (κ1) is 23.4. The second-order valence-corrected chi connectivity index (χ2v) is 8.65. The number of rotatable bonds is 6. The van der Waals surface area contributed by atoms with E-state index in [2.05, 4.69) is 27.8 Å². The highest BCUT2D eigenvalue weighted by molar-refractivity contribution is 5.74. The molecule has 3 aliphatic rings. The van der Waals surface area contributed by atoms with E-state index in [9.17, 15) is 10.0 Å². The van der Waals surface area contributed by atoms with E-state index in [1.54, 1.807) is 7.11 Å². The summed E-state index contributed by atoms with van der Waals surface area (Å²) in [5.74, 6) is 0.337. The molecule has 3 N–H and O–H groups in total. The average molecular weight is 459 g/mol. The minimum Gasteiger partial charge on any atom is -0.481 e. The lowest BCUT2D eigenvalue weighted by molar-refractivity contribution is -0.141. The van der Waals surface area contributed by atoms with Crippen molar-refractivity contribution in [3.05, 3.63) is 46.9 Å². The monoisotopic (exact) mass is 458 g/mol. The molecule has 9 heteroatoms. The van der Waals surface area contributed by atoms with Crippen LogP contribution in [0.1, 0.15) is 43.2 Å². The molecule has 1 saturated heterocycles. The van der Waals surface area contributed by atoms with E-state index in [0.29, 0.717) is 31.6 Å². The lowest BCUT2D eigenvalue weighted by atomic mass is 9.97. The number of nitrogens with one attached hydrogen (secondary N) is 2. The highest BCUT2D eigenvalue weighted by Crippen LogP contribution is 2.34. The Morgan fingerprint density at radius 2 is 2.21 bits per heavy atom. The molecular weight excluding hydrogens is 424 g/mol. The number of nitrogens with zero attached hydrogens (tertiary/aromatic N) is 2. The number of carbonyl (C=O) groups excluding carboxylic acids is 1. The van der Waals surface area contributed by atoms with E-state index in [0.717, 1.165) is 78.6 Å². The predicted molar refractivity (Wildman–Crippen MR) is 124 cm³/mol. The summed E-state index contributed by atoms with van der Waals surface area (Å²) >= 11 is 0. The highest BCUT2D eigenvalue weighted by Gasteiger charge is 2.25. The third-order valence-corrected chi connectivity index (χ3v) is 6.35. The number of carbonyl (C=O) groups is 1. The zero-order valence-corrected chi connectivity index (χ0v) is 19.4. The number of benzene rings is 1. The van der Waals surface area contributed by atoms with E-state index < -0.39 is 0 Å². The maximum Gasteiger partial charge on any atom is 0.306 e. The molecule has 1 aromatic carbocycles. The number of piperidine rings is 1. The minimum absolute atomic E-state index is 0.168. The smallest absolute Gasteiger partial charge is 0.306 e. The molecule has 1 atom stereocenters. The van der Waals surface area contributed by atoms with Gasteiger partial charge in [-0.3, -0.25) is 10.0 Å². The molecule has 1 fully saturated rings. The number of likely N-dealkylation sites (tertiary alicyclic amines) is 1. The van der Waals surface area contributed by atoms with E-state index in [1.165, 1.54) is 7.11 Å². The van der Waals surface area contributed by atoms with E-state index in [1.807, 2.05) is 12.1 Å². The maximum absolute atomic E-state index is 11.5. The van der Waals surface area contributed by atoms with Crippen LogP contribution in [0.2, 0.25) is 0 Å². The number of allylic oxidation sites excluding steroid dienone is 2. The fourth-order valence-corrected chi connectivity index (χ4v) is 4.68. The highest BCUT2D eigenvalue weighted by atomic mass is 16.6. The van der Waals surface area contributed by atoms with Crippen molar-refractivity contribution in [1.82, 2.24) is 15.5 Å². The summed E-state index contributed by atoms with van der Waals surface area (Å²) in [7, 11) is 3.00. The van der Waals surface area contributed by atoms with Crippen LogP contribution in [-0.4, -0.2) is 67.8 Å². The van der Waals surface area contributed by atoms with Crippen molar-refractivity contribution in [2.24, 2.45) is 0 Å². The van der Waals surface area contributed by atoms with Gasteiger partial charge in [0.1, 0.15) is 0 Å². The van der Waals surface area contributed by atoms with Gasteiger partial charge in [-0.05, 0) is 55.5 Å². The van der Waals surface area contributed by atoms with Gasteiger partial charge in [-0.15, -0.1) is 0 Å². The quantitative estimate of drug-likeness (QED) is 0.556. The molecule has 180 valence electrons. The van der Waals surface area contributed by atoms with Gasteiger partial charge in [0, 0.05) is 43.1 Å². The maximum atomic E-state index is 11.5. The van der Waals surface area contributed by atoms with Crippen LogP contribution in [0.3, 0.4) is 0 Å². The molecule has 1 aromatic rings. The minimum atomic E-state index is -0.168. The van der Waals surface area contributed by atoms with Crippen LogP contribution in [-0.2, 0) is 25.6 Å². The Hall–Kier alpha value is -2.75. The fraction of sp³-hybridized carbons (Fsp3) is 0.542. The van der Waals surface area contributed by atoms with Gasteiger partial charge < -0.3 is 24.4 Å². The first-order chi connectivity index (χ1) is 16.1. The van der Waals surface area contributed by atoms with Crippen LogP contribution in [0, 0.1) is 0 Å². The number of ether oxygens (including phenoxy) is 3. The molecule has 0 bridgehead atoms. The summed E-state index contributed by atoms with van der Waals surface area (Å²) in [6, 6.07) is 6.51. The molecule has 33 heavy (non-hydrogen) atoms. The van der Waals surface area contributed by atoms with E-state index in [-0.39, 0.29) is 5.97 Å². The van der Waals surface area contributed by atoms with E-state index in [4.69, 9.17) is 14.2 Å². The van der Waals surface area contributed by atoms with Crippen LogP contribution < -0.4 is 10.7 Å². The largest absolute Gasteiger partial charge is 0.481 e. The summed E-state index contributed by atoms with van der Waals surface area (Å²) in [6.45, 7) is 3.74. The summed E-state index contributed by atoms with van der Waals surface area (Å²) in [4.78, 5) is 13.8. The van der Waals surface area contributed by atoms with Crippen molar-refractivity contribution in [3.8, 4) is 0 Å². The molecule has 3 aliphatic heterocycles. The van der Waals surface area contributed by atoms with Crippen LogP contribution in [0.5, 0.6) is 0 Å². The van der Waals surface area contributed by atoms with Crippen molar-refractivity contribution in [3.63, 3.8) is 0 Å². The zero-order valence-electron chi connectivity index (χ0n) is 19.4. The molecule has 0 unspecified atom stereocenters. The number of methoxy groups -OCH3 is 2. The number of hydroxylamine groups is 1. The summed E-state index contributed by atoms with van der Waals surface area (Å²) in [6.07, 6.45) is 6.17. The number of hydrogen-bond donors (Lipinski definition) is 3. The Balaban J connectivity index is 1.51. The van der Waals surface area contributed by atoms with Crippen molar-refractivity contribution in [2.45, 2.75) is 44.8 Å². The van der Waals surface area contributed by atoms with Gasteiger partial charge in [0.15, 0.2) is 0 Å². The molecule has 0 aromatic heterocycles. The predicted octanol–water partition coefficient (Wildman–Crippen LogP) is 2.84. The van der Waals surface area contributed by atoms with Crippen LogP contribution in [0.25, 0.3) is 5.70 Å². The Kier molecular flexibility index (Phi) is 7.74. The van der Waals surface area contributed by atoms with Gasteiger partial charge in [0.25, 0.3) is 0 Å². The number of hydrogen-bond acceptors (Lipinski definition) is 9. The van der Waals surface area contributed by atoms with Crippen LogP contribution >= 0.6 is 0 Å². The van der Waals surface area contributed by atoms with Crippen molar-refractivity contribution in [2.75, 3.05) is 45.8 Å². The van der Waals surface area contributed by atoms with Crippen molar-refractivity contribution < 1.29 is 24.2 Å². The normalized spacial score (nSPS) is 21.5. The van der Waals surface area contributed by atoms with Gasteiger partial charge in [0.2, 0.25) is 5.88 Å². The molecule has 0 aliphatic carbocycles. The number of esters is 1. The third-order valence-electron chi connectivity index (χ3n) is 6.35. The second kappa shape index (κ2) is 10.9. The average Bonchev–Trinajstić information content (AvgIpc) is 2.91. The molecule has 9 nitrogen and oxygen atoms in total. The summed E-state index contributed by atoms with van der Waals surface area (Å²) in [5, 5.41) is 15.4. The first-order valence-corrected chi connectivity index (χ1v) is 11.6. The van der Waals surface area contributed by atoms with Crippen LogP contribution in [0.4, 0.5) is 5.69 Å². The lowest BCUT2D eigenvalue weighted by Crippen LogP contribution is -2.42. The fourth-order valence-electron chi connectivity index (χ4n) is 4.68. The molecule has 4 rings (SSSR count). The Labute approximate surface area is 194 Å². The van der Waals surface area contributed by atoms with Gasteiger partial charge in [-0.2, -0.15) is 5.17 Å². The third kappa shape index (κ3) is 5.79. The van der Waals surface area contributed by atoms with Gasteiger partial charge in [0.05, 0.1) is 32.9 Å². The molecule has 0 saturated carbocycles. The van der Waals surface area contributed by atoms with E-state index >= 15 is 0 Å². The first-order valence-electron chi connectivity index (χ1n) is 11.6. The molecule has 0 amide bonds. The standard InChI is InChI=1S/C24H34N4O5/c1-31-22-14-17-5-4-12-33-16-18-13-19(7-8-21(18)24(17)28(30)26-22)25-20-6-3-10-27(15-20)11-9-23(29)32-2/h7-8,13-14,20,25-26,30H,3-6,9-12,15-16H2,1-2H3/t20-/m1/s1. The summed E-state index contributed by atoms with van der Waals surface area (Å²) < 4.78 is 16.0. The summed E-state index contributed by atoms with van der Waals surface area (Å²) in [5.41, 5.74) is 7.58. The van der Waals surface area contributed by atoms with Crippen LogP contribution in [0.15, 0.2) is 35.7 Å². The Morgan fingerprint density at radius 3 is 3.03 bits per heavy atom. The lowest BCUT2D eigenvalue weighted by Gasteiger charge is -2.33. The molecule has 0 spiro atoms. The molecule has 0 radical (unpaired) electrons.